The fourth-order valence-corrected chi connectivity index (χ4v) is 3.13. The number of carbonyl (C=O) groups excluding carboxylic acids is 1. The summed E-state index contributed by atoms with van der Waals surface area (Å²) < 4.78 is 2.05. The van der Waals surface area contributed by atoms with Crippen LogP contribution >= 0.6 is 11.8 Å². The maximum Gasteiger partial charge on any atom is 0.196 e. The molecule has 0 spiro atoms. The molecule has 3 aromatic rings. The maximum atomic E-state index is 11.2. The molecule has 0 unspecified atom stereocenters. The lowest BCUT2D eigenvalue weighted by Crippen LogP contribution is -1.98. The minimum atomic E-state index is 0.139. The Morgan fingerprint density at radius 1 is 1.25 bits per heavy atom. The standard InChI is InChI=1S/C15H15N3OS/c1-9-5-4-6-12-10(2)7-13-16-17-15(18(13)14(9)12)20-8-11(3)19/h4-7H,8H2,1-3H3. The number of hydrogen-bond donors (Lipinski definition) is 0. The number of fused-ring (bicyclic) bond motifs is 3. The molecule has 0 saturated carbocycles. The van der Waals surface area contributed by atoms with Crippen molar-refractivity contribution in [2.75, 3.05) is 5.75 Å². The number of benzene rings is 1. The van der Waals surface area contributed by atoms with Crippen molar-refractivity contribution in [1.29, 1.82) is 0 Å². The van der Waals surface area contributed by atoms with Crippen LogP contribution in [0.15, 0.2) is 29.4 Å². The zero-order valence-corrected chi connectivity index (χ0v) is 12.5. The van der Waals surface area contributed by atoms with Gasteiger partial charge in [0.1, 0.15) is 5.78 Å². The number of pyridine rings is 1. The average Bonchev–Trinajstić information content (AvgIpc) is 2.79. The number of ketones is 1. The number of carbonyl (C=O) groups is 1. The molecule has 2 aromatic heterocycles. The van der Waals surface area contributed by atoms with Gasteiger partial charge in [0.25, 0.3) is 0 Å². The van der Waals surface area contributed by atoms with E-state index >= 15 is 0 Å². The van der Waals surface area contributed by atoms with Gasteiger partial charge in [0, 0.05) is 5.39 Å². The molecule has 0 aliphatic heterocycles. The number of nitrogens with zero attached hydrogens (tertiary/aromatic N) is 3. The fraction of sp³-hybridized carbons (Fsp3) is 0.267. The second-order valence-corrected chi connectivity index (χ2v) is 5.91. The van der Waals surface area contributed by atoms with Gasteiger partial charge in [-0.2, -0.15) is 0 Å². The van der Waals surface area contributed by atoms with Crippen molar-refractivity contribution in [3.05, 3.63) is 35.4 Å². The van der Waals surface area contributed by atoms with E-state index in [9.17, 15) is 4.79 Å². The van der Waals surface area contributed by atoms with E-state index in [1.165, 1.54) is 28.3 Å². The topological polar surface area (TPSA) is 47.3 Å². The molecule has 1 aromatic carbocycles. The second-order valence-electron chi connectivity index (χ2n) is 4.97. The van der Waals surface area contributed by atoms with Crippen LogP contribution in [0.3, 0.4) is 0 Å². The van der Waals surface area contributed by atoms with E-state index in [2.05, 4.69) is 42.2 Å². The third kappa shape index (κ3) is 2.08. The Morgan fingerprint density at radius 2 is 2.05 bits per heavy atom. The number of Topliss-reactive ketones (excluding diaryl/α,β-unsaturated/α-hetero) is 1. The van der Waals surface area contributed by atoms with Crippen LogP contribution in [0.1, 0.15) is 18.1 Å². The summed E-state index contributed by atoms with van der Waals surface area (Å²) in [6, 6.07) is 8.28. The smallest absolute Gasteiger partial charge is 0.196 e. The van der Waals surface area contributed by atoms with Gasteiger partial charge in [0.2, 0.25) is 0 Å². The first-order valence-corrected chi connectivity index (χ1v) is 7.43. The number of hydrogen-bond acceptors (Lipinski definition) is 4. The zero-order chi connectivity index (χ0) is 14.3. The van der Waals surface area contributed by atoms with E-state index in [1.54, 1.807) is 6.92 Å². The fourth-order valence-electron chi connectivity index (χ4n) is 2.39. The predicted octanol–water partition coefficient (Wildman–Crippen LogP) is 3.18. The summed E-state index contributed by atoms with van der Waals surface area (Å²) in [6.07, 6.45) is 0. The van der Waals surface area contributed by atoms with Crippen molar-refractivity contribution < 1.29 is 4.79 Å². The van der Waals surface area contributed by atoms with Crippen LogP contribution in [0.4, 0.5) is 0 Å². The van der Waals surface area contributed by atoms with Gasteiger partial charge in [-0.1, -0.05) is 30.0 Å². The third-order valence-electron chi connectivity index (χ3n) is 3.29. The van der Waals surface area contributed by atoms with E-state index in [4.69, 9.17) is 0 Å². The highest BCUT2D eigenvalue weighted by Gasteiger charge is 2.13. The summed E-state index contributed by atoms with van der Waals surface area (Å²) in [5.41, 5.74) is 4.32. The van der Waals surface area contributed by atoms with Crippen molar-refractivity contribution in [2.45, 2.75) is 25.9 Å². The van der Waals surface area contributed by atoms with Crippen LogP contribution in [-0.2, 0) is 4.79 Å². The van der Waals surface area contributed by atoms with Gasteiger partial charge in [0.15, 0.2) is 10.8 Å². The number of aromatic nitrogens is 3. The van der Waals surface area contributed by atoms with Crippen LogP contribution < -0.4 is 0 Å². The van der Waals surface area contributed by atoms with Crippen molar-refractivity contribution >= 4 is 34.1 Å². The summed E-state index contributed by atoms with van der Waals surface area (Å²) in [6.45, 7) is 5.75. The normalized spacial score (nSPS) is 11.3. The first-order valence-electron chi connectivity index (χ1n) is 6.44. The Morgan fingerprint density at radius 3 is 2.80 bits per heavy atom. The molecular weight excluding hydrogens is 270 g/mol. The molecule has 0 bridgehead atoms. The lowest BCUT2D eigenvalue weighted by molar-refractivity contribution is -0.114. The van der Waals surface area contributed by atoms with E-state index in [0.717, 1.165) is 16.3 Å². The van der Waals surface area contributed by atoms with Crippen molar-refractivity contribution in [3.63, 3.8) is 0 Å². The van der Waals surface area contributed by atoms with E-state index in [0.29, 0.717) is 5.75 Å². The molecule has 5 heteroatoms. The summed E-state index contributed by atoms with van der Waals surface area (Å²) in [4.78, 5) is 11.2. The van der Waals surface area contributed by atoms with Crippen molar-refractivity contribution in [2.24, 2.45) is 0 Å². The Kier molecular flexibility index (Phi) is 3.22. The van der Waals surface area contributed by atoms with Crippen LogP contribution in [0.5, 0.6) is 0 Å². The number of rotatable bonds is 3. The molecule has 0 fully saturated rings. The molecule has 0 N–H and O–H groups in total. The summed E-state index contributed by atoms with van der Waals surface area (Å²) in [5.74, 6) is 0.557. The van der Waals surface area contributed by atoms with Gasteiger partial charge in [-0.3, -0.25) is 9.20 Å². The molecule has 3 rings (SSSR count). The lowest BCUT2D eigenvalue weighted by Gasteiger charge is -2.09. The van der Waals surface area contributed by atoms with Crippen LogP contribution in [0.25, 0.3) is 16.6 Å². The largest absolute Gasteiger partial charge is 0.299 e. The first kappa shape index (κ1) is 13.1. The molecule has 0 radical (unpaired) electrons. The molecule has 2 heterocycles. The second kappa shape index (κ2) is 4.90. The minimum Gasteiger partial charge on any atom is -0.299 e. The molecule has 102 valence electrons. The molecule has 0 aliphatic rings. The highest BCUT2D eigenvalue weighted by molar-refractivity contribution is 7.99. The van der Waals surface area contributed by atoms with Crippen LogP contribution in [-0.4, -0.2) is 26.1 Å². The van der Waals surface area contributed by atoms with Gasteiger partial charge in [-0.25, -0.2) is 0 Å². The lowest BCUT2D eigenvalue weighted by atomic mass is 10.1. The van der Waals surface area contributed by atoms with Gasteiger partial charge in [0.05, 0.1) is 11.3 Å². The summed E-state index contributed by atoms with van der Waals surface area (Å²) in [7, 11) is 0. The van der Waals surface area contributed by atoms with Gasteiger partial charge < -0.3 is 0 Å². The predicted molar refractivity (Wildman–Crippen MR) is 81.4 cm³/mol. The average molecular weight is 285 g/mol. The SMILES string of the molecule is CC(=O)CSc1nnc2cc(C)c3cccc(C)c3n12. The van der Waals surface area contributed by atoms with E-state index in [1.807, 2.05) is 10.5 Å². The Bertz CT molecular complexity index is 823. The Balaban J connectivity index is 2.32. The molecule has 20 heavy (non-hydrogen) atoms. The van der Waals surface area contributed by atoms with Gasteiger partial charge in [-0.15, -0.1) is 10.2 Å². The summed E-state index contributed by atoms with van der Waals surface area (Å²) >= 11 is 1.43. The molecule has 0 aliphatic carbocycles. The van der Waals surface area contributed by atoms with Crippen molar-refractivity contribution in [3.8, 4) is 0 Å². The molecule has 4 nitrogen and oxygen atoms in total. The number of thioether (sulfide) groups is 1. The van der Waals surface area contributed by atoms with Gasteiger partial charge in [-0.05, 0) is 38.0 Å². The molecular formula is C15H15N3OS. The van der Waals surface area contributed by atoms with E-state index < -0.39 is 0 Å². The Hall–Kier alpha value is -1.88. The summed E-state index contributed by atoms with van der Waals surface area (Å²) in [5, 5.41) is 10.4. The third-order valence-corrected chi connectivity index (χ3v) is 4.37. The number of para-hydroxylation sites is 1. The highest BCUT2D eigenvalue weighted by Crippen LogP contribution is 2.27. The maximum absolute atomic E-state index is 11.2. The van der Waals surface area contributed by atoms with Crippen LogP contribution in [0.2, 0.25) is 0 Å². The zero-order valence-electron chi connectivity index (χ0n) is 11.7. The van der Waals surface area contributed by atoms with Crippen molar-refractivity contribution in [1.82, 2.24) is 14.6 Å². The highest BCUT2D eigenvalue weighted by atomic mass is 32.2. The minimum absolute atomic E-state index is 0.139. The molecule has 0 amide bonds. The Labute approximate surface area is 121 Å². The van der Waals surface area contributed by atoms with Gasteiger partial charge >= 0.3 is 0 Å². The number of aryl methyl sites for hydroxylation is 2. The molecule has 0 saturated heterocycles. The first-order chi connectivity index (χ1) is 9.58. The van der Waals surface area contributed by atoms with Crippen LogP contribution in [0, 0.1) is 13.8 Å². The quantitative estimate of drug-likeness (QED) is 0.693. The molecule has 0 atom stereocenters. The monoisotopic (exact) mass is 285 g/mol. The van der Waals surface area contributed by atoms with E-state index in [-0.39, 0.29) is 5.78 Å².